The Morgan fingerprint density at radius 1 is 1.08 bits per heavy atom. The zero-order valence-electron chi connectivity index (χ0n) is 16.9. The van der Waals surface area contributed by atoms with Gasteiger partial charge >= 0.3 is 0 Å². The van der Waals surface area contributed by atoms with E-state index in [0.29, 0.717) is 11.4 Å². The highest BCUT2D eigenvalue weighted by atomic mass is 16.3. The molecular formula is C22H22N2O. The molecule has 1 aromatic carbocycles. The van der Waals surface area contributed by atoms with Gasteiger partial charge in [0.05, 0.1) is 5.69 Å². The molecule has 0 fully saturated rings. The average Bonchev–Trinajstić information content (AvgIpc) is 3.01. The van der Waals surface area contributed by atoms with Gasteiger partial charge in [0.15, 0.2) is 0 Å². The van der Waals surface area contributed by atoms with Crippen LogP contribution in [0.1, 0.15) is 33.4 Å². The molecule has 0 unspecified atom stereocenters. The van der Waals surface area contributed by atoms with Crippen LogP contribution < -0.4 is 0 Å². The minimum absolute atomic E-state index is 0.179. The summed E-state index contributed by atoms with van der Waals surface area (Å²) in [6.07, 6.45) is 0.366. The lowest BCUT2D eigenvalue weighted by Gasteiger charge is -2.05. The molecule has 25 heavy (non-hydrogen) atoms. The normalized spacial score (nSPS) is 13.5. The summed E-state index contributed by atoms with van der Waals surface area (Å²) in [5.74, 6) is -0.179. The summed E-state index contributed by atoms with van der Waals surface area (Å²) in [5, 5.41) is 1.85. The van der Waals surface area contributed by atoms with Crippen molar-refractivity contribution in [3.05, 3.63) is 59.4 Å². The molecule has 0 atom stereocenters. The Labute approximate surface area is 150 Å². The van der Waals surface area contributed by atoms with Crippen molar-refractivity contribution in [2.24, 2.45) is 5.92 Å². The summed E-state index contributed by atoms with van der Waals surface area (Å²) in [6, 6.07) is 11.7. The van der Waals surface area contributed by atoms with Crippen molar-refractivity contribution >= 4 is 22.1 Å². The molecule has 3 aromatic heterocycles. The van der Waals surface area contributed by atoms with Gasteiger partial charge in [-0.05, 0) is 61.5 Å². The van der Waals surface area contributed by atoms with Crippen molar-refractivity contribution in [2.75, 3.05) is 0 Å². The highest BCUT2D eigenvalue weighted by Crippen LogP contribution is 2.35. The van der Waals surface area contributed by atoms with Crippen molar-refractivity contribution in [3.63, 3.8) is 0 Å². The van der Waals surface area contributed by atoms with Crippen LogP contribution in [0.15, 0.2) is 47.0 Å². The number of para-hydroxylation sites is 1. The van der Waals surface area contributed by atoms with Gasteiger partial charge in [0.2, 0.25) is 5.71 Å². The van der Waals surface area contributed by atoms with Gasteiger partial charge in [-0.15, -0.1) is 0 Å². The van der Waals surface area contributed by atoms with Gasteiger partial charge in [0.25, 0.3) is 0 Å². The van der Waals surface area contributed by atoms with Crippen molar-refractivity contribution in [2.45, 2.75) is 34.1 Å². The molecule has 3 heteroatoms. The summed E-state index contributed by atoms with van der Waals surface area (Å²) in [7, 11) is 0. The van der Waals surface area contributed by atoms with E-state index in [1.807, 2.05) is 51.2 Å². The van der Waals surface area contributed by atoms with Gasteiger partial charge in [-0.1, -0.05) is 26.0 Å². The molecule has 0 saturated carbocycles. The van der Waals surface area contributed by atoms with Crippen LogP contribution in [0.3, 0.4) is 0 Å². The molecule has 3 heterocycles. The third-order valence-corrected chi connectivity index (χ3v) is 4.45. The quantitative estimate of drug-likeness (QED) is 0.472. The molecule has 0 amide bonds. The van der Waals surface area contributed by atoms with Gasteiger partial charge in [0.1, 0.15) is 5.58 Å². The predicted molar refractivity (Wildman–Crippen MR) is 103 cm³/mol. The molecule has 3 nitrogen and oxygen atoms in total. The van der Waals surface area contributed by atoms with E-state index in [-0.39, 0.29) is 5.92 Å². The third kappa shape index (κ3) is 2.80. The highest BCUT2D eigenvalue weighted by molar-refractivity contribution is 6.08. The van der Waals surface area contributed by atoms with E-state index in [9.17, 15) is 0 Å². The standard InChI is InChI=1S/C22H22N2O/c1-13(2)10-16-8-9-18-17-6-5-7-19(21(17)25-22(18)24-16)20-11-14(3)15(4)12-23-20/h5-9,11-13H,10H2,1-4H3/i10D2. The van der Waals surface area contributed by atoms with Crippen LogP contribution in [0.5, 0.6) is 0 Å². The maximum absolute atomic E-state index is 8.30. The number of nitrogens with zero attached hydrogens (tertiary/aromatic N) is 2. The van der Waals surface area contributed by atoms with Crippen LogP contribution in [0.2, 0.25) is 0 Å². The third-order valence-electron chi connectivity index (χ3n) is 4.45. The van der Waals surface area contributed by atoms with E-state index in [1.165, 1.54) is 5.56 Å². The monoisotopic (exact) mass is 332 g/mol. The maximum atomic E-state index is 8.30. The van der Waals surface area contributed by atoms with Crippen molar-refractivity contribution < 1.29 is 7.16 Å². The summed E-state index contributed by atoms with van der Waals surface area (Å²) < 4.78 is 22.7. The fourth-order valence-electron chi connectivity index (χ4n) is 3.03. The van der Waals surface area contributed by atoms with Gasteiger partial charge in [-0.25, -0.2) is 4.98 Å². The minimum atomic E-state index is -1.51. The van der Waals surface area contributed by atoms with E-state index in [1.54, 1.807) is 6.07 Å². The summed E-state index contributed by atoms with van der Waals surface area (Å²) in [4.78, 5) is 9.08. The Hall–Kier alpha value is -2.68. The molecule has 4 aromatic rings. The van der Waals surface area contributed by atoms with Crippen molar-refractivity contribution in [3.8, 4) is 11.3 Å². The second-order valence-corrected chi connectivity index (χ2v) is 6.79. The lowest BCUT2D eigenvalue weighted by molar-refractivity contribution is 0.621. The molecule has 0 aliphatic heterocycles. The Morgan fingerprint density at radius 3 is 2.68 bits per heavy atom. The van der Waals surface area contributed by atoms with Crippen LogP contribution in [-0.4, -0.2) is 9.97 Å². The van der Waals surface area contributed by atoms with E-state index in [4.69, 9.17) is 7.16 Å². The minimum Gasteiger partial charge on any atom is -0.437 e. The fourth-order valence-corrected chi connectivity index (χ4v) is 3.03. The SMILES string of the molecule is [2H]C([2H])(c1ccc2c(n1)oc1c(-c3cc(C)c(C)cn3)cccc12)C(C)C. The maximum Gasteiger partial charge on any atom is 0.227 e. The lowest BCUT2D eigenvalue weighted by atomic mass is 10.0. The van der Waals surface area contributed by atoms with E-state index in [0.717, 1.165) is 33.2 Å². The second kappa shape index (κ2) is 5.99. The number of hydrogen-bond donors (Lipinski definition) is 0. The second-order valence-electron chi connectivity index (χ2n) is 6.79. The van der Waals surface area contributed by atoms with E-state index >= 15 is 0 Å². The molecule has 0 aliphatic rings. The van der Waals surface area contributed by atoms with Crippen LogP contribution in [0.4, 0.5) is 0 Å². The Balaban J connectivity index is 1.94. The number of hydrogen-bond acceptors (Lipinski definition) is 3. The van der Waals surface area contributed by atoms with Gasteiger partial charge in [-0.3, -0.25) is 4.98 Å². The number of aryl methyl sites for hydroxylation is 2. The van der Waals surface area contributed by atoms with Crippen LogP contribution in [0.25, 0.3) is 33.3 Å². The molecule has 126 valence electrons. The fraction of sp³-hybridized carbons (Fsp3) is 0.273. The molecule has 0 N–H and O–H groups in total. The van der Waals surface area contributed by atoms with Gasteiger partial charge in [0, 0.05) is 31.0 Å². The molecule has 0 radical (unpaired) electrons. The predicted octanol–water partition coefficient (Wildman–Crippen LogP) is 5.86. The van der Waals surface area contributed by atoms with Crippen LogP contribution >= 0.6 is 0 Å². The molecule has 0 saturated heterocycles. The highest BCUT2D eigenvalue weighted by Gasteiger charge is 2.14. The topological polar surface area (TPSA) is 38.9 Å². The number of benzene rings is 1. The smallest absolute Gasteiger partial charge is 0.227 e. The number of rotatable bonds is 3. The molecule has 4 rings (SSSR count). The summed E-state index contributed by atoms with van der Waals surface area (Å²) >= 11 is 0. The molecular weight excluding hydrogens is 308 g/mol. The first kappa shape index (κ1) is 13.6. The Kier molecular flexibility index (Phi) is 3.26. The first-order valence-electron chi connectivity index (χ1n) is 9.55. The zero-order chi connectivity index (χ0) is 19.3. The van der Waals surface area contributed by atoms with Gasteiger partial charge < -0.3 is 4.42 Å². The van der Waals surface area contributed by atoms with Crippen molar-refractivity contribution in [1.29, 1.82) is 0 Å². The first-order valence-corrected chi connectivity index (χ1v) is 8.55. The largest absolute Gasteiger partial charge is 0.437 e. The van der Waals surface area contributed by atoms with E-state index in [2.05, 4.69) is 23.0 Å². The number of pyridine rings is 2. The zero-order valence-corrected chi connectivity index (χ0v) is 14.9. The first-order chi connectivity index (χ1) is 12.8. The Morgan fingerprint density at radius 2 is 1.92 bits per heavy atom. The van der Waals surface area contributed by atoms with Gasteiger partial charge in [-0.2, -0.15) is 0 Å². The lowest BCUT2D eigenvalue weighted by Crippen LogP contribution is -1.96. The van der Waals surface area contributed by atoms with Crippen LogP contribution in [0, 0.1) is 19.8 Å². The average molecular weight is 332 g/mol. The Bertz CT molecular complexity index is 1160. The van der Waals surface area contributed by atoms with Crippen LogP contribution in [-0.2, 0) is 6.37 Å². The summed E-state index contributed by atoms with van der Waals surface area (Å²) in [5.41, 5.74) is 5.70. The molecule has 0 aliphatic carbocycles. The summed E-state index contributed by atoms with van der Waals surface area (Å²) in [6.45, 7) is 7.82. The number of aromatic nitrogens is 2. The van der Waals surface area contributed by atoms with Crippen molar-refractivity contribution in [1.82, 2.24) is 9.97 Å². The van der Waals surface area contributed by atoms with E-state index < -0.39 is 6.37 Å². The number of fused-ring (bicyclic) bond motifs is 3. The number of furan rings is 1. The molecule has 0 spiro atoms. The molecule has 0 bridgehead atoms.